The van der Waals surface area contributed by atoms with E-state index in [0.717, 1.165) is 16.9 Å². The van der Waals surface area contributed by atoms with Crippen LogP contribution < -0.4 is 0 Å². The molecule has 1 unspecified atom stereocenters. The molecule has 19 heavy (non-hydrogen) atoms. The Morgan fingerprint density at radius 1 is 1.53 bits per heavy atom. The number of benzene rings is 1. The SMILES string of the molecule is CCC1CCN(Cc2ccc(C(=O)OC)cc2Br)C1. The van der Waals surface area contributed by atoms with Crippen molar-refractivity contribution >= 4 is 21.9 Å². The largest absolute Gasteiger partial charge is 0.465 e. The maximum Gasteiger partial charge on any atom is 0.337 e. The summed E-state index contributed by atoms with van der Waals surface area (Å²) in [6, 6.07) is 5.68. The van der Waals surface area contributed by atoms with Crippen molar-refractivity contribution in [2.24, 2.45) is 5.92 Å². The zero-order chi connectivity index (χ0) is 13.8. The highest BCUT2D eigenvalue weighted by Gasteiger charge is 2.21. The predicted molar refractivity (Wildman–Crippen MR) is 79.2 cm³/mol. The minimum Gasteiger partial charge on any atom is -0.465 e. The van der Waals surface area contributed by atoms with E-state index in [1.54, 1.807) is 0 Å². The average Bonchev–Trinajstić information content (AvgIpc) is 2.88. The number of methoxy groups -OCH3 is 1. The van der Waals surface area contributed by atoms with Crippen LogP contribution in [-0.2, 0) is 11.3 Å². The average molecular weight is 326 g/mol. The van der Waals surface area contributed by atoms with Crippen molar-refractivity contribution in [3.63, 3.8) is 0 Å². The van der Waals surface area contributed by atoms with Gasteiger partial charge < -0.3 is 4.74 Å². The van der Waals surface area contributed by atoms with Crippen LogP contribution in [0.1, 0.15) is 35.7 Å². The molecule has 1 saturated heterocycles. The zero-order valence-corrected chi connectivity index (χ0v) is 13.1. The monoisotopic (exact) mass is 325 g/mol. The Morgan fingerprint density at radius 3 is 2.89 bits per heavy atom. The van der Waals surface area contributed by atoms with Gasteiger partial charge in [-0.1, -0.05) is 35.3 Å². The standard InChI is InChI=1S/C15H20BrNO2/c1-3-11-6-7-17(9-11)10-13-5-4-12(8-14(13)16)15(18)19-2/h4-5,8,11H,3,6-7,9-10H2,1-2H3. The van der Waals surface area contributed by atoms with E-state index in [1.165, 1.54) is 38.6 Å². The summed E-state index contributed by atoms with van der Waals surface area (Å²) in [6.45, 7) is 5.55. The predicted octanol–water partition coefficient (Wildman–Crippen LogP) is 3.47. The molecule has 0 amide bonds. The third kappa shape index (κ3) is 3.57. The van der Waals surface area contributed by atoms with E-state index < -0.39 is 0 Å². The van der Waals surface area contributed by atoms with Crippen LogP contribution in [0.5, 0.6) is 0 Å². The second kappa shape index (κ2) is 6.53. The molecule has 4 heteroatoms. The lowest BCUT2D eigenvalue weighted by molar-refractivity contribution is 0.0600. The number of nitrogens with zero attached hydrogens (tertiary/aromatic N) is 1. The van der Waals surface area contributed by atoms with Crippen molar-refractivity contribution in [3.8, 4) is 0 Å². The second-order valence-corrected chi connectivity index (χ2v) is 5.95. The fourth-order valence-electron chi connectivity index (χ4n) is 2.55. The van der Waals surface area contributed by atoms with Crippen LogP contribution in [0.4, 0.5) is 0 Å². The second-order valence-electron chi connectivity index (χ2n) is 5.10. The van der Waals surface area contributed by atoms with E-state index >= 15 is 0 Å². The maximum atomic E-state index is 11.4. The first-order valence-electron chi connectivity index (χ1n) is 6.73. The summed E-state index contributed by atoms with van der Waals surface area (Å²) in [4.78, 5) is 13.9. The molecular formula is C15H20BrNO2. The number of carbonyl (C=O) groups is 1. The number of likely N-dealkylation sites (tertiary alicyclic amines) is 1. The van der Waals surface area contributed by atoms with Crippen molar-refractivity contribution in [2.45, 2.75) is 26.3 Å². The van der Waals surface area contributed by atoms with Crippen LogP contribution in [0.3, 0.4) is 0 Å². The van der Waals surface area contributed by atoms with E-state index in [9.17, 15) is 4.79 Å². The molecule has 0 radical (unpaired) electrons. The van der Waals surface area contributed by atoms with E-state index in [0.29, 0.717) is 5.56 Å². The zero-order valence-electron chi connectivity index (χ0n) is 11.5. The Bertz CT molecular complexity index is 461. The summed E-state index contributed by atoms with van der Waals surface area (Å²) < 4.78 is 5.70. The van der Waals surface area contributed by atoms with Gasteiger partial charge in [0.2, 0.25) is 0 Å². The quantitative estimate of drug-likeness (QED) is 0.794. The molecule has 1 aromatic carbocycles. The van der Waals surface area contributed by atoms with E-state index in [-0.39, 0.29) is 5.97 Å². The summed E-state index contributed by atoms with van der Waals surface area (Å²) in [5.74, 6) is 0.549. The first kappa shape index (κ1) is 14.5. The van der Waals surface area contributed by atoms with Gasteiger partial charge in [-0.3, -0.25) is 4.90 Å². The molecular weight excluding hydrogens is 306 g/mol. The van der Waals surface area contributed by atoms with Crippen LogP contribution in [-0.4, -0.2) is 31.1 Å². The van der Waals surface area contributed by atoms with Gasteiger partial charge in [0.15, 0.2) is 0 Å². The summed E-state index contributed by atoms with van der Waals surface area (Å²) >= 11 is 3.55. The molecule has 3 nitrogen and oxygen atoms in total. The van der Waals surface area contributed by atoms with Gasteiger partial charge in [0.25, 0.3) is 0 Å². The smallest absolute Gasteiger partial charge is 0.337 e. The molecule has 1 aliphatic rings. The summed E-state index contributed by atoms with van der Waals surface area (Å²) in [5, 5.41) is 0. The lowest BCUT2D eigenvalue weighted by Crippen LogP contribution is -2.20. The first-order chi connectivity index (χ1) is 9.13. The lowest BCUT2D eigenvalue weighted by Gasteiger charge is -2.17. The third-order valence-electron chi connectivity index (χ3n) is 3.82. The van der Waals surface area contributed by atoms with Crippen molar-refractivity contribution in [2.75, 3.05) is 20.2 Å². The van der Waals surface area contributed by atoms with Crippen LogP contribution >= 0.6 is 15.9 Å². The van der Waals surface area contributed by atoms with Gasteiger partial charge in [-0.15, -0.1) is 0 Å². The highest BCUT2D eigenvalue weighted by atomic mass is 79.9. The number of carbonyl (C=O) groups excluding carboxylic acids is 1. The van der Waals surface area contributed by atoms with Crippen LogP contribution in [0, 0.1) is 5.92 Å². The number of hydrogen-bond acceptors (Lipinski definition) is 3. The Labute approximate surface area is 123 Å². The third-order valence-corrected chi connectivity index (χ3v) is 4.55. The van der Waals surface area contributed by atoms with Gasteiger partial charge in [-0.05, 0) is 36.6 Å². The number of esters is 1. The van der Waals surface area contributed by atoms with Crippen LogP contribution in [0.25, 0.3) is 0 Å². The minimum atomic E-state index is -0.292. The fourth-order valence-corrected chi connectivity index (χ4v) is 3.06. The molecule has 0 aromatic heterocycles. The van der Waals surface area contributed by atoms with Crippen molar-refractivity contribution < 1.29 is 9.53 Å². The molecule has 0 aliphatic carbocycles. The minimum absolute atomic E-state index is 0.292. The van der Waals surface area contributed by atoms with Gasteiger partial charge in [-0.2, -0.15) is 0 Å². The van der Waals surface area contributed by atoms with Gasteiger partial charge in [-0.25, -0.2) is 4.79 Å². The molecule has 104 valence electrons. The molecule has 1 heterocycles. The fraction of sp³-hybridized carbons (Fsp3) is 0.533. The van der Waals surface area contributed by atoms with Gasteiger partial charge >= 0.3 is 5.97 Å². The van der Waals surface area contributed by atoms with E-state index in [2.05, 4.69) is 27.8 Å². The van der Waals surface area contributed by atoms with Gasteiger partial charge in [0.05, 0.1) is 12.7 Å². The topological polar surface area (TPSA) is 29.5 Å². The molecule has 0 N–H and O–H groups in total. The highest BCUT2D eigenvalue weighted by molar-refractivity contribution is 9.10. The number of rotatable bonds is 4. The Kier molecular flexibility index (Phi) is 4.99. The van der Waals surface area contributed by atoms with Crippen molar-refractivity contribution in [1.82, 2.24) is 4.90 Å². The molecule has 0 bridgehead atoms. The first-order valence-corrected chi connectivity index (χ1v) is 7.52. The van der Waals surface area contributed by atoms with Gasteiger partial charge in [0, 0.05) is 17.6 Å². The molecule has 1 aliphatic heterocycles. The maximum absolute atomic E-state index is 11.4. The van der Waals surface area contributed by atoms with Crippen LogP contribution in [0.15, 0.2) is 22.7 Å². The van der Waals surface area contributed by atoms with E-state index in [1.807, 2.05) is 18.2 Å². The molecule has 0 saturated carbocycles. The molecule has 1 aromatic rings. The lowest BCUT2D eigenvalue weighted by atomic mass is 10.1. The summed E-state index contributed by atoms with van der Waals surface area (Å²) in [5.41, 5.74) is 1.82. The van der Waals surface area contributed by atoms with Crippen molar-refractivity contribution in [1.29, 1.82) is 0 Å². The Morgan fingerprint density at radius 2 is 2.32 bits per heavy atom. The Hall–Kier alpha value is -0.870. The van der Waals surface area contributed by atoms with E-state index in [4.69, 9.17) is 4.74 Å². The molecule has 0 spiro atoms. The summed E-state index contributed by atoms with van der Waals surface area (Å²) in [7, 11) is 1.40. The number of halogens is 1. The molecule has 1 atom stereocenters. The van der Waals surface area contributed by atoms with Gasteiger partial charge in [0.1, 0.15) is 0 Å². The highest BCUT2D eigenvalue weighted by Crippen LogP contribution is 2.25. The number of hydrogen-bond donors (Lipinski definition) is 0. The molecule has 1 fully saturated rings. The van der Waals surface area contributed by atoms with Crippen molar-refractivity contribution in [3.05, 3.63) is 33.8 Å². The van der Waals surface area contributed by atoms with Crippen LogP contribution in [0.2, 0.25) is 0 Å². The summed E-state index contributed by atoms with van der Waals surface area (Å²) in [6.07, 6.45) is 2.56. The Balaban J connectivity index is 2.03. The normalized spacial score (nSPS) is 19.6. The number of ether oxygens (including phenoxy) is 1. The molecule has 2 rings (SSSR count).